The summed E-state index contributed by atoms with van der Waals surface area (Å²) in [5, 5.41) is 15.0. The van der Waals surface area contributed by atoms with Crippen molar-refractivity contribution >= 4 is 17.9 Å². The number of alkyl carbamates (subject to hydrolysis) is 1. The molecule has 0 aliphatic rings. The average molecular weight is 676 g/mol. The quantitative estimate of drug-likeness (QED) is 0.0419. The van der Waals surface area contributed by atoms with Gasteiger partial charge in [-0.2, -0.15) is 0 Å². The van der Waals surface area contributed by atoms with Crippen LogP contribution in [0.15, 0.2) is 10.2 Å². The highest BCUT2D eigenvalue weighted by Gasteiger charge is 2.21. The Labute approximate surface area is 276 Å². The number of nitrogens with one attached hydrogen (secondary N) is 3. The topological polar surface area (TPSA) is 249 Å². The average Bonchev–Trinajstić information content (AvgIpc) is 3.02. The van der Waals surface area contributed by atoms with Gasteiger partial charge in [-0.3, -0.25) is 9.59 Å². The molecule has 0 atom stereocenters. The van der Waals surface area contributed by atoms with Gasteiger partial charge in [-0.15, -0.1) is 0 Å². The molecule has 270 valence electrons. The van der Waals surface area contributed by atoms with Crippen LogP contribution in [0.4, 0.5) is 4.79 Å². The van der Waals surface area contributed by atoms with E-state index in [9.17, 15) is 14.4 Å². The van der Waals surface area contributed by atoms with Crippen molar-refractivity contribution in [1.82, 2.24) is 16.0 Å². The Kier molecular flexibility index (Phi) is 28.9. The normalized spacial score (nSPS) is 11.6. The Morgan fingerprint density at radius 1 is 0.617 bits per heavy atom. The summed E-state index contributed by atoms with van der Waals surface area (Å²) in [5.41, 5.74) is 15.7. The minimum Gasteiger partial charge on any atom is -0.444 e. The van der Waals surface area contributed by atoms with Crippen molar-refractivity contribution < 1.29 is 47.5 Å². The van der Waals surface area contributed by atoms with Gasteiger partial charge in [0, 0.05) is 54.9 Å². The fourth-order valence-electron chi connectivity index (χ4n) is 3.46. The SMILES string of the molecule is CC(C)(C)OC(=O)NC(CCC(=O)NCCOCCOCCOCCN=[N+]=[N-])CCC(=O)NCCOCCOCCOCCN=[N+]=[N-]. The summed E-state index contributed by atoms with van der Waals surface area (Å²) in [7, 11) is 0. The molecule has 0 aromatic heterocycles. The van der Waals surface area contributed by atoms with E-state index in [0.717, 1.165) is 0 Å². The third kappa shape index (κ3) is 33.8. The summed E-state index contributed by atoms with van der Waals surface area (Å²) in [6.07, 6.45) is 0.305. The number of amides is 3. The molecule has 0 saturated heterocycles. The smallest absolute Gasteiger partial charge is 0.407 e. The molecule has 0 aliphatic carbocycles. The van der Waals surface area contributed by atoms with Gasteiger partial charge in [0.15, 0.2) is 0 Å². The first-order valence-corrected chi connectivity index (χ1v) is 15.7. The summed E-state index contributed by atoms with van der Waals surface area (Å²) < 4.78 is 37.4. The molecule has 0 rings (SSSR count). The maximum Gasteiger partial charge on any atom is 0.407 e. The molecular weight excluding hydrogens is 622 g/mol. The summed E-state index contributed by atoms with van der Waals surface area (Å²) in [5.74, 6) is -0.413. The number of hydrogen-bond donors (Lipinski definition) is 3. The molecule has 0 bridgehead atoms. The van der Waals surface area contributed by atoms with Crippen LogP contribution >= 0.6 is 0 Å². The van der Waals surface area contributed by atoms with E-state index in [1.807, 2.05) is 0 Å². The van der Waals surface area contributed by atoms with Crippen molar-refractivity contribution in [1.29, 1.82) is 0 Å². The first kappa shape index (κ1) is 43.6. The Morgan fingerprint density at radius 3 is 1.34 bits per heavy atom. The number of azide groups is 2. The molecule has 0 saturated carbocycles. The predicted octanol–water partition coefficient (Wildman–Crippen LogP) is 2.39. The maximum absolute atomic E-state index is 12.4. The van der Waals surface area contributed by atoms with Crippen molar-refractivity contribution in [2.45, 2.75) is 58.1 Å². The van der Waals surface area contributed by atoms with Crippen LogP contribution < -0.4 is 16.0 Å². The van der Waals surface area contributed by atoms with E-state index in [1.165, 1.54) is 0 Å². The van der Waals surface area contributed by atoms with Crippen LogP contribution in [0.1, 0.15) is 46.5 Å². The first-order valence-electron chi connectivity index (χ1n) is 15.7. The summed E-state index contributed by atoms with van der Waals surface area (Å²) in [6.45, 7) is 10.8. The monoisotopic (exact) mass is 675 g/mol. The lowest BCUT2D eigenvalue weighted by molar-refractivity contribution is -0.121. The van der Waals surface area contributed by atoms with Gasteiger partial charge in [0.05, 0.1) is 79.3 Å². The van der Waals surface area contributed by atoms with Crippen molar-refractivity contribution in [3.8, 4) is 0 Å². The summed E-state index contributed by atoms with van der Waals surface area (Å²) in [6, 6.07) is -0.450. The third-order valence-electron chi connectivity index (χ3n) is 5.58. The Bertz CT molecular complexity index is 869. The van der Waals surface area contributed by atoms with Crippen LogP contribution in [-0.4, -0.2) is 135 Å². The van der Waals surface area contributed by atoms with Gasteiger partial charge >= 0.3 is 6.09 Å². The fourth-order valence-corrected chi connectivity index (χ4v) is 3.46. The first-order chi connectivity index (χ1) is 22.7. The molecule has 0 aromatic carbocycles. The van der Waals surface area contributed by atoms with Gasteiger partial charge in [-0.25, -0.2) is 4.79 Å². The van der Waals surface area contributed by atoms with Crippen LogP contribution in [0, 0.1) is 0 Å². The molecule has 3 N–H and O–H groups in total. The van der Waals surface area contributed by atoms with Gasteiger partial charge < -0.3 is 49.1 Å². The van der Waals surface area contributed by atoms with E-state index >= 15 is 0 Å². The van der Waals surface area contributed by atoms with Gasteiger partial charge in [-0.1, -0.05) is 10.2 Å². The Hall–Kier alpha value is -3.41. The fraction of sp³-hybridized carbons (Fsp3) is 0.893. The van der Waals surface area contributed by atoms with E-state index < -0.39 is 17.7 Å². The van der Waals surface area contributed by atoms with Crippen molar-refractivity contribution in [2.75, 3.05) is 105 Å². The lowest BCUT2D eigenvalue weighted by Gasteiger charge is -2.23. The van der Waals surface area contributed by atoms with Crippen molar-refractivity contribution in [3.63, 3.8) is 0 Å². The number of rotatable bonds is 31. The Morgan fingerprint density at radius 2 is 0.979 bits per heavy atom. The van der Waals surface area contributed by atoms with E-state index in [0.29, 0.717) is 105 Å². The molecule has 3 amide bonds. The zero-order valence-corrected chi connectivity index (χ0v) is 28.0. The van der Waals surface area contributed by atoms with E-state index in [-0.39, 0.29) is 37.7 Å². The zero-order chi connectivity index (χ0) is 34.9. The zero-order valence-electron chi connectivity index (χ0n) is 28.0. The second kappa shape index (κ2) is 31.2. The maximum atomic E-state index is 12.4. The van der Waals surface area contributed by atoms with Crippen LogP contribution in [0.2, 0.25) is 0 Å². The molecular formula is C28H53N9O10. The highest BCUT2D eigenvalue weighted by molar-refractivity contribution is 5.77. The number of carbonyl (C=O) groups excluding carboxylic acids is 3. The standard InChI is InChI=1S/C28H53N9O10/c1-28(2,3)47-27(40)35-24(4-6-25(38)31-8-12-41-16-20-45-22-18-43-14-10-33-36-29)5-7-26(39)32-9-13-42-17-21-46-23-19-44-15-11-34-37-30/h24H,4-23H2,1-3H3,(H,31,38)(H,32,39)(H,35,40). The van der Waals surface area contributed by atoms with E-state index in [1.54, 1.807) is 20.8 Å². The van der Waals surface area contributed by atoms with Crippen LogP contribution in [0.5, 0.6) is 0 Å². The molecule has 0 fully saturated rings. The molecule has 0 heterocycles. The molecule has 0 aliphatic heterocycles. The van der Waals surface area contributed by atoms with Gasteiger partial charge in [0.1, 0.15) is 5.60 Å². The van der Waals surface area contributed by atoms with Gasteiger partial charge in [-0.05, 0) is 44.7 Å². The molecule has 0 spiro atoms. The van der Waals surface area contributed by atoms with Crippen molar-refractivity contribution in [3.05, 3.63) is 20.9 Å². The largest absolute Gasteiger partial charge is 0.444 e. The van der Waals surface area contributed by atoms with Crippen molar-refractivity contribution in [2.24, 2.45) is 10.2 Å². The lowest BCUT2D eigenvalue weighted by atomic mass is 10.1. The van der Waals surface area contributed by atoms with Crippen LogP contribution in [-0.2, 0) is 42.7 Å². The number of ether oxygens (including phenoxy) is 7. The summed E-state index contributed by atoms with van der Waals surface area (Å²) in [4.78, 5) is 42.3. The predicted molar refractivity (Wildman–Crippen MR) is 171 cm³/mol. The van der Waals surface area contributed by atoms with Crippen LogP contribution in [0.3, 0.4) is 0 Å². The third-order valence-corrected chi connectivity index (χ3v) is 5.58. The molecule has 19 heteroatoms. The molecule has 0 aromatic rings. The molecule has 19 nitrogen and oxygen atoms in total. The minimum absolute atomic E-state index is 0.142. The van der Waals surface area contributed by atoms with E-state index in [4.69, 9.17) is 44.2 Å². The number of carbonyl (C=O) groups is 3. The number of nitrogens with zero attached hydrogens (tertiary/aromatic N) is 6. The highest BCUT2D eigenvalue weighted by Crippen LogP contribution is 2.10. The summed E-state index contributed by atoms with van der Waals surface area (Å²) >= 11 is 0. The van der Waals surface area contributed by atoms with Gasteiger partial charge in [0.2, 0.25) is 11.8 Å². The molecule has 0 unspecified atom stereocenters. The van der Waals surface area contributed by atoms with Crippen LogP contribution in [0.25, 0.3) is 20.9 Å². The molecule has 47 heavy (non-hydrogen) atoms. The second-order valence-electron chi connectivity index (χ2n) is 10.7. The second-order valence-corrected chi connectivity index (χ2v) is 10.7. The lowest BCUT2D eigenvalue weighted by Crippen LogP contribution is -2.40. The Balaban J connectivity index is 4.13. The van der Waals surface area contributed by atoms with Gasteiger partial charge in [0.25, 0.3) is 0 Å². The highest BCUT2D eigenvalue weighted by atomic mass is 16.6. The van der Waals surface area contributed by atoms with E-state index in [2.05, 4.69) is 36.0 Å². The molecule has 0 radical (unpaired) electrons. The minimum atomic E-state index is -0.691. The number of hydrogen-bond acceptors (Lipinski definition) is 12.